The lowest BCUT2D eigenvalue weighted by molar-refractivity contribution is 0.0931. The van der Waals surface area contributed by atoms with Gasteiger partial charge in [-0.2, -0.15) is 5.10 Å². The molecular weight excluding hydrogens is 334 g/mol. The number of nitrogens with one attached hydrogen (secondary N) is 1. The van der Waals surface area contributed by atoms with Gasteiger partial charge in [-0.05, 0) is 48.2 Å². The van der Waals surface area contributed by atoms with Crippen molar-refractivity contribution in [3.8, 4) is 0 Å². The molecule has 1 aromatic rings. The number of halogens is 1. The van der Waals surface area contributed by atoms with Gasteiger partial charge in [-0.15, -0.1) is 0 Å². The van der Waals surface area contributed by atoms with Gasteiger partial charge in [-0.3, -0.25) is 4.68 Å². The molecule has 1 aliphatic heterocycles. The number of methoxy groups -OCH3 is 1. The van der Waals surface area contributed by atoms with Gasteiger partial charge in [0.1, 0.15) is 0 Å². The van der Waals surface area contributed by atoms with Gasteiger partial charge in [0, 0.05) is 13.7 Å². The molecule has 5 nitrogen and oxygen atoms in total. The fourth-order valence-electron chi connectivity index (χ4n) is 2.78. The molecule has 0 amide bonds. The summed E-state index contributed by atoms with van der Waals surface area (Å²) in [6.07, 6.45) is 6.69. The SMILES string of the molecule is CCCNC(CC1CCCO1)c1c(Br)cnn1CCOC. The fourth-order valence-corrected chi connectivity index (χ4v) is 3.35. The van der Waals surface area contributed by atoms with Crippen molar-refractivity contribution in [2.45, 2.75) is 51.3 Å². The molecule has 1 N–H and O–H groups in total. The van der Waals surface area contributed by atoms with Crippen LogP contribution < -0.4 is 5.32 Å². The van der Waals surface area contributed by atoms with Crippen molar-refractivity contribution in [1.82, 2.24) is 15.1 Å². The largest absolute Gasteiger partial charge is 0.383 e. The summed E-state index contributed by atoms with van der Waals surface area (Å²) in [6, 6.07) is 0.266. The van der Waals surface area contributed by atoms with E-state index in [2.05, 4.69) is 33.3 Å². The van der Waals surface area contributed by atoms with Gasteiger partial charge in [0.25, 0.3) is 0 Å². The summed E-state index contributed by atoms with van der Waals surface area (Å²) < 4.78 is 14.1. The zero-order valence-corrected chi connectivity index (χ0v) is 14.6. The highest BCUT2D eigenvalue weighted by Crippen LogP contribution is 2.30. The number of rotatable bonds is 9. The van der Waals surface area contributed by atoms with Crippen molar-refractivity contribution in [2.75, 3.05) is 26.9 Å². The molecule has 2 heterocycles. The van der Waals surface area contributed by atoms with Crippen molar-refractivity contribution < 1.29 is 9.47 Å². The standard InChI is InChI=1S/C15H26BrN3O2/c1-3-6-17-14(10-12-5-4-8-21-12)15-13(16)11-18-19(15)7-9-20-2/h11-12,14,17H,3-10H2,1-2H3. The molecule has 2 rings (SSSR count). The zero-order chi connectivity index (χ0) is 15.1. The van der Waals surface area contributed by atoms with Crippen LogP contribution in [-0.2, 0) is 16.0 Å². The monoisotopic (exact) mass is 359 g/mol. The Bertz CT molecular complexity index is 419. The van der Waals surface area contributed by atoms with Crippen LogP contribution >= 0.6 is 15.9 Å². The van der Waals surface area contributed by atoms with E-state index in [9.17, 15) is 0 Å². The first-order chi connectivity index (χ1) is 10.3. The normalized spacial score (nSPS) is 20.0. The van der Waals surface area contributed by atoms with Crippen molar-refractivity contribution in [3.05, 3.63) is 16.4 Å². The molecule has 120 valence electrons. The number of aromatic nitrogens is 2. The minimum absolute atomic E-state index is 0.266. The maximum Gasteiger partial charge on any atom is 0.0697 e. The summed E-state index contributed by atoms with van der Waals surface area (Å²) in [5.41, 5.74) is 1.20. The van der Waals surface area contributed by atoms with Crippen LogP contribution in [0.2, 0.25) is 0 Å². The van der Waals surface area contributed by atoms with Gasteiger partial charge in [0.15, 0.2) is 0 Å². The van der Waals surface area contributed by atoms with Crippen LogP contribution in [0, 0.1) is 0 Å². The molecule has 2 atom stereocenters. The van der Waals surface area contributed by atoms with E-state index in [4.69, 9.17) is 9.47 Å². The molecule has 1 saturated heterocycles. The molecule has 0 bridgehead atoms. The quantitative estimate of drug-likeness (QED) is 0.736. The lowest BCUT2D eigenvalue weighted by Crippen LogP contribution is -2.29. The number of hydrogen-bond acceptors (Lipinski definition) is 4. The van der Waals surface area contributed by atoms with Gasteiger partial charge in [-0.1, -0.05) is 6.92 Å². The summed E-state index contributed by atoms with van der Waals surface area (Å²) in [7, 11) is 1.72. The second kappa shape index (κ2) is 8.88. The number of nitrogens with zero attached hydrogens (tertiary/aromatic N) is 2. The van der Waals surface area contributed by atoms with Gasteiger partial charge in [0.2, 0.25) is 0 Å². The first-order valence-electron chi connectivity index (χ1n) is 7.81. The second-order valence-corrected chi connectivity index (χ2v) is 6.33. The molecular formula is C15H26BrN3O2. The van der Waals surface area contributed by atoms with Crippen LogP contribution in [0.5, 0.6) is 0 Å². The molecule has 0 aromatic carbocycles. The van der Waals surface area contributed by atoms with E-state index in [-0.39, 0.29) is 6.04 Å². The van der Waals surface area contributed by atoms with Crippen molar-refractivity contribution >= 4 is 15.9 Å². The first kappa shape index (κ1) is 16.9. The van der Waals surface area contributed by atoms with E-state index < -0.39 is 0 Å². The second-order valence-electron chi connectivity index (χ2n) is 5.47. The Morgan fingerprint density at radius 2 is 2.48 bits per heavy atom. The Morgan fingerprint density at radius 1 is 1.62 bits per heavy atom. The predicted molar refractivity (Wildman–Crippen MR) is 86.4 cm³/mol. The Morgan fingerprint density at radius 3 is 3.14 bits per heavy atom. The van der Waals surface area contributed by atoms with Crippen molar-refractivity contribution in [3.63, 3.8) is 0 Å². The van der Waals surface area contributed by atoms with Crippen molar-refractivity contribution in [2.24, 2.45) is 0 Å². The minimum atomic E-state index is 0.266. The Balaban J connectivity index is 2.11. The molecule has 0 spiro atoms. The van der Waals surface area contributed by atoms with Gasteiger partial charge < -0.3 is 14.8 Å². The van der Waals surface area contributed by atoms with Crippen molar-refractivity contribution in [1.29, 1.82) is 0 Å². The van der Waals surface area contributed by atoms with Crippen LogP contribution in [0.25, 0.3) is 0 Å². The third kappa shape index (κ3) is 4.77. The summed E-state index contributed by atoms with van der Waals surface area (Å²) in [6.45, 7) is 5.52. The van der Waals surface area contributed by atoms with E-state index in [0.29, 0.717) is 12.7 Å². The molecule has 2 unspecified atom stereocenters. The average molecular weight is 360 g/mol. The molecule has 1 aliphatic rings. The van der Waals surface area contributed by atoms with E-state index >= 15 is 0 Å². The van der Waals surface area contributed by atoms with E-state index in [1.165, 1.54) is 12.1 Å². The molecule has 0 aliphatic carbocycles. The van der Waals surface area contributed by atoms with Crippen LogP contribution in [0.3, 0.4) is 0 Å². The van der Waals surface area contributed by atoms with E-state index in [1.807, 2.05) is 10.9 Å². The summed E-state index contributed by atoms with van der Waals surface area (Å²) >= 11 is 3.65. The lowest BCUT2D eigenvalue weighted by Gasteiger charge is -2.23. The Kier molecular flexibility index (Phi) is 7.16. The zero-order valence-electron chi connectivity index (χ0n) is 13.0. The molecule has 0 saturated carbocycles. The van der Waals surface area contributed by atoms with Gasteiger partial charge in [0.05, 0.1) is 41.7 Å². The number of ether oxygens (including phenoxy) is 2. The summed E-state index contributed by atoms with van der Waals surface area (Å²) in [5, 5.41) is 8.11. The maximum absolute atomic E-state index is 5.81. The summed E-state index contributed by atoms with van der Waals surface area (Å²) in [5.74, 6) is 0. The van der Waals surface area contributed by atoms with E-state index in [0.717, 1.165) is 43.4 Å². The highest BCUT2D eigenvalue weighted by molar-refractivity contribution is 9.10. The molecule has 1 aromatic heterocycles. The maximum atomic E-state index is 5.81. The molecule has 21 heavy (non-hydrogen) atoms. The van der Waals surface area contributed by atoms with Gasteiger partial charge in [-0.25, -0.2) is 0 Å². The van der Waals surface area contributed by atoms with Crippen LogP contribution in [-0.4, -0.2) is 42.8 Å². The highest BCUT2D eigenvalue weighted by atomic mass is 79.9. The Labute approximate surface area is 135 Å². The molecule has 0 radical (unpaired) electrons. The molecule has 6 heteroatoms. The lowest BCUT2D eigenvalue weighted by atomic mass is 10.0. The average Bonchev–Trinajstić information content (AvgIpc) is 3.11. The molecule has 1 fully saturated rings. The van der Waals surface area contributed by atoms with Gasteiger partial charge >= 0.3 is 0 Å². The summed E-state index contributed by atoms with van der Waals surface area (Å²) in [4.78, 5) is 0. The van der Waals surface area contributed by atoms with Crippen LogP contribution in [0.1, 0.15) is 44.3 Å². The third-order valence-corrected chi connectivity index (χ3v) is 4.44. The third-order valence-electron chi connectivity index (χ3n) is 3.83. The topological polar surface area (TPSA) is 48.3 Å². The first-order valence-corrected chi connectivity index (χ1v) is 8.60. The highest BCUT2D eigenvalue weighted by Gasteiger charge is 2.25. The fraction of sp³-hybridized carbons (Fsp3) is 0.800. The van der Waals surface area contributed by atoms with E-state index in [1.54, 1.807) is 7.11 Å². The minimum Gasteiger partial charge on any atom is -0.383 e. The predicted octanol–water partition coefficient (Wildman–Crippen LogP) is 2.90. The Hall–Kier alpha value is -0.430. The van der Waals surface area contributed by atoms with Crippen LogP contribution in [0.15, 0.2) is 10.7 Å². The van der Waals surface area contributed by atoms with Crippen LogP contribution in [0.4, 0.5) is 0 Å². The number of hydrogen-bond donors (Lipinski definition) is 1. The smallest absolute Gasteiger partial charge is 0.0697 e.